The first kappa shape index (κ1) is 17.0. The van der Waals surface area contributed by atoms with Gasteiger partial charge < -0.3 is 0 Å². The van der Waals surface area contributed by atoms with Crippen molar-refractivity contribution in [2.24, 2.45) is 0 Å². The number of rotatable bonds is 2. The minimum absolute atomic E-state index is 0.0299. The number of nitrogens with zero attached hydrogens (tertiary/aromatic N) is 3. The summed E-state index contributed by atoms with van der Waals surface area (Å²) in [6, 6.07) is 14.5. The van der Waals surface area contributed by atoms with Crippen molar-refractivity contribution in [2.45, 2.75) is 40.0 Å². The fourth-order valence-electron chi connectivity index (χ4n) is 3.42. The van der Waals surface area contributed by atoms with Crippen LogP contribution in [0.2, 0.25) is 0 Å². The Balaban J connectivity index is 2.25. The van der Waals surface area contributed by atoms with E-state index in [2.05, 4.69) is 60.7 Å². The van der Waals surface area contributed by atoms with Crippen LogP contribution in [0.4, 0.5) is 0 Å². The first-order valence-corrected chi connectivity index (χ1v) is 8.48. The summed E-state index contributed by atoms with van der Waals surface area (Å²) in [7, 11) is 0. The predicted molar refractivity (Wildman–Crippen MR) is 102 cm³/mol. The molecule has 0 radical (unpaired) electrons. The van der Waals surface area contributed by atoms with Crippen LogP contribution in [0.25, 0.3) is 17.1 Å². The summed E-state index contributed by atoms with van der Waals surface area (Å²) in [5.74, 6) is 0.932. The van der Waals surface area contributed by atoms with Gasteiger partial charge >= 0.3 is 0 Å². The highest BCUT2D eigenvalue weighted by Crippen LogP contribution is 2.34. The maximum atomic E-state index is 9.20. The molecule has 1 heterocycles. The number of hydrogen-bond donors (Lipinski definition) is 0. The largest absolute Gasteiger partial charge is 0.299 e. The molecule has 0 N–H and O–H groups in total. The van der Waals surface area contributed by atoms with E-state index in [9.17, 15) is 5.26 Å². The Kier molecular flexibility index (Phi) is 4.22. The van der Waals surface area contributed by atoms with Gasteiger partial charge in [0.1, 0.15) is 5.82 Å². The Labute approximate surface area is 149 Å². The van der Waals surface area contributed by atoms with Crippen molar-refractivity contribution in [3.8, 4) is 23.1 Å². The molecule has 0 saturated heterocycles. The fourth-order valence-corrected chi connectivity index (χ4v) is 3.42. The molecule has 0 amide bonds. The zero-order valence-electron chi connectivity index (χ0n) is 15.5. The first-order chi connectivity index (χ1) is 11.8. The van der Waals surface area contributed by atoms with Crippen molar-refractivity contribution in [3.05, 3.63) is 71.0 Å². The second-order valence-corrected chi connectivity index (χ2v) is 7.49. The molecule has 0 aliphatic carbocycles. The van der Waals surface area contributed by atoms with Gasteiger partial charge in [0.15, 0.2) is 0 Å². The average molecular weight is 329 g/mol. The van der Waals surface area contributed by atoms with E-state index < -0.39 is 0 Å². The lowest BCUT2D eigenvalue weighted by Crippen LogP contribution is -2.14. The lowest BCUT2D eigenvalue weighted by atomic mass is 9.83. The van der Waals surface area contributed by atoms with Crippen LogP contribution in [0.1, 0.15) is 43.0 Å². The van der Waals surface area contributed by atoms with E-state index in [1.165, 1.54) is 5.56 Å². The average Bonchev–Trinajstić information content (AvgIpc) is 3.02. The van der Waals surface area contributed by atoms with Crippen molar-refractivity contribution in [2.75, 3.05) is 0 Å². The maximum absolute atomic E-state index is 9.20. The van der Waals surface area contributed by atoms with Crippen molar-refractivity contribution < 1.29 is 0 Å². The molecule has 0 saturated carbocycles. The minimum Gasteiger partial charge on any atom is -0.299 e. The summed E-state index contributed by atoms with van der Waals surface area (Å²) in [5, 5.41) is 9.20. The number of aryl methyl sites for hydroxylation is 2. The molecular formula is C22H23N3. The zero-order valence-corrected chi connectivity index (χ0v) is 15.5. The molecule has 3 aromatic rings. The molecule has 0 fully saturated rings. The van der Waals surface area contributed by atoms with Gasteiger partial charge in [-0.05, 0) is 48.1 Å². The molecule has 0 atom stereocenters. The van der Waals surface area contributed by atoms with Gasteiger partial charge in [0, 0.05) is 18.0 Å². The molecular weight excluding hydrogens is 306 g/mol. The van der Waals surface area contributed by atoms with E-state index in [4.69, 9.17) is 0 Å². The molecule has 2 aromatic carbocycles. The smallest absolute Gasteiger partial charge is 0.144 e. The molecule has 3 nitrogen and oxygen atoms in total. The second-order valence-electron chi connectivity index (χ2n) is 7.49. The Morgan fingerprint density at radius 3 is 2.28 bits per heavy atom. The third-order valence-electron chi connectivity index (χ3n) is 4.48. The van der Waals surface area contributed by atoms with Gasteiger partial charge in [0.05, 0.1) is 17.3 Å². The van der Waals surface area contributed by atoms with Gasteiger partial charge in [-0.1, -0.05) is 45.0 Å². The Morgan fingerprint density at radius 2 is 1.68 bits per heavy atom. The highest BCUT2D eigenvalue weighted by atomic mass is 15.1. The van der Waals surface area contributed by atoms with Gasteiger partial charge in [0.25, 0.3) is 0 Å². The normalized spacial score (nSPS) is 11.4. The van der Waals surface area contributed by atoms with Gasteiger partial charge in [-0.2, -0.15) is 5.26 Å². The maximum Gasteiger partial charge on any atom is 0.144 e. The SMILES string of the molecule is Cc1cc(C#N)cc(C)c1-n1ccnc1-c1ccccc1C(C)(C)C. The highest BCUT2D eigenvalue weighted by Gasteiger charge is 2.21. The molecule has 0 spiro atoms. The molecule has 3 heteroatoms. The second kappa shape index (κ2) is 6.22. The van der Waals surface area contributed by atoms with E-state index >= 15 is 0 Å². The van der Waals surface area contributed by atoms with E-state index in [0.717, 1.165) is 28.2 Å². The molecule has 0 aliphatic rings. The summed E-state index contributed by atoms with van der Waals surface area (Å²) < 4.78 is 2.14. The van der Waals surface area contributed by atoms with Crippen molar-refractivity contribution in [1.82, 2.24) is 9.55 Å². The van der Waals surface area contributed by atoms with Gasteiger partial charge in [-0.15, -0.1) is 0 Å². The van der Waals surface area contributed by atoms with Crippen molar-refractivity contribution in [1.29, 1.82) is 5.26 Å². The number of aromatic nitrogens is 2. The number of benzene rings is 2. The Morgan fingerprint density at radius 1 is 1.04 bits per heavy atom. The van der Waals surface area contributed by atoms with E-state index in [1.54, 1.807) is 0 Å². The van der Waals surface area contributed by atoms with Crippen LogP contribution in [0.15, 0.2) is 48.8 Å². The van der Waals surface area contributed by atoms with Crippen LogP contribution in [0, 0.1) is 25.2 Å². The third kappa shape index (κ3) is 3.08. The van der Waals surface area contributed by atoms with Gasteiger partial charge in [0.2, 0.25) is 0 Å². The molecule has 3 rings (SSSR count). The summed E-state index contributed by atoms with van der Waals surface area (Å²) >= 11 is 0. The van der Waals surface area contributed by atoms with Crippen LogP contribution < -0.4 is 0 Å². The Hall–Kier alpha value is -2.86. The van der Waals surface area contributed by atoms with Crippen LogP contribution >= 0.6 is 0 Å². The van der Waals surface area contributed by atoms with E-state index in [1.807, 2.05) is 38.4 Å². The molecule has 25 heavy (non-hydrogen) atoms. The lowest BCUT2D eigenvalue weighted by molar-refractivity contribution is 0.591. The molecule has 0 aliphatic heterocycles. The molecule has 1 aromatic heterocycles. The fraction of sp³-hybridized carbons (Fsp3) is 0.273. The summed E-state index contributed by atoms with van der Waals surface area (Å²) in [5.41, 5.74) is 6.37. The van der Waals surface area contributed by atoms with E-state index in [0.29, 0.717) is 5.56 Å². The monoisotopic (exact) mass is 329 g/mol. The van der Waals surface area contributed by atoms with Crippen LogP contribution in [0.3, 0.4) is 0 Å². The first-order valence-electron chi connectivity index (χ1n) is 8.48. The Bertz CT molecular complexity index is 942. The number of hydrogen-bond acceptors (Lipinski definition) is 2. The zero-order chi connectivity index (χ0) is 18.2. The van der Waals surface area contributed by atoms with Gasteiger partial charge in [-0.3, -0.25) is 4.57 Å². The quantitative estimate of drug-likeness (QED) is 0.638. The van der Waals surface area contributed by atoms with E-state index in [-0.39, 0.29) is 5.41 Å². The highest BCUT2D eigenvalue weighted by molar-refractivity contribution is 5.66. The van der Waals surface area contributed by atoms with Gasteiger partial charge in [-0.25, -0.2) is 4.98 Å². The van der Waals surface area contributed by atoms with Crippen molar-refractivity contribution >= 4 is 0 Å². The standard InChI is InChI=1S/C22H23N3/c1-15-12-17(14-23)13-16(2)20(15)25-11-10-24-21(25)18-8-6-7-9-19(18)22(3,4)5/h6-13H,1-5H3. The summed E-state index contributed by atoms with van der Waals surface area (Å²) in [6.45, 7) is 10.7. The molecule has 126 valence electrons. The van der Waals surface area contributed by atoms with Crippen LogP contribution in [0.5, 0.6) is 0 Å². The molecule has 0 unspecified atom stereocenters. The lowest BCUT2D eigenvalue weighted by Gasteiger charge is -2.23. The van der Waals surface area contributed by atoms with Crippen LogP contribution in [-0.2, 0) is 5.41 Å². The summed E-state index contributed by atoms with van der Waals surface area (Å²) in [4.78, 5) is 4.66. The topological polar surface area (TPSA) is 41.6 Å². The number of imidazole rings is 1. The van der Waals surface area contributed by atoms with Crippen LogP contribution in [-0.4, -0.2) is 9.55 Å². The van der Waals surface area contributed by atoms with Crippen molar-refractivity contribution in [3.63, 3.8) is 0 Å². The third-order valence-corrected chi connectivity index (χ3v) is 4.48. The number of nitriles is 1. The summed E-state index contributed by atoms with van der Waals surface area (Å²) in [6.07, 6.45) is 3.84. The predicted octanol–water partition coefficient (Wildman–Crippen LogP) is 5.33. The minimum atomic E-state index is 0.0299. The molecule has 0 bridgehead atoms.